The van der Waals surface area contributed by atoms with Crippen LogP contribution in [0.1, 0.15) is 30.7 Å². The van der Waals surface area contributed by atoms with Crippen molar-refractivity contribution in [3.05, 3.63) is 53.0 Å². The normalized spacial score (nSPS) is 12.2. The fourth-order valence-electron chi connectivity index (χ4n) is 2.60. The molecule has 0 aliphatic carbocycles. The van der Waals surface area contributed by atoms with Crippen LogP contribution in [0, 0.1) is 12.7 Å². The first-order valence-electron chi connectivity index (χ1n) is 7.71. The Bertz CT molecular complexity index is 911. The number of nitrogens with one attached hydrogen (secondary N) is 2. The average Bonchev–Trinajstić information content (AvgIpc) is 2.91. The van der Waals surface area contributed by atoms with Crippen molar-refractivity contribution in [2.45, 2.75) is 26.3 Å². The second-order valence-electron chi connectivity index (χ2n) is 5.53. The van der Waals surface area contributed by atoms with Gasteiger partial charge in [0.25, 0.3) is 0 Å². The van der Waals surface area contributed by atoms with Gasteiger partial charge < -0.3 is 15.1 Å². The van der Waals surface area contributed by atoms with E-state index in [1.54, 1.807) is 6.07 Å². The number of nitrogens with zero attached hydrogens (tertiary/aromatic N) is 2. The van der Waals surface area contributed by atoms with Crippen molar-refractivity contribution in [1.82, 2.24) is 15.3 Å². The summed E-state index contributed by atoms with van der Waals surface area (Å²) in [6.45, 7) is 3.76. The predicted molar refractivity (Wildman–Crippen MR) is 93.1 cm³/mol. The SMILES string of the molecule is CC[C@H](NC(=O)Nc1cnc(Cl)nc1)c1oc2ccc(F)cc2c1C. The number of aromatic nitrogens is 2. The predicted octanol–water partition coefficient (Wildman–Crippen LogP) is 4.60. The Balaban J connectivity index is 1.79. The van der Waals surface area contributed by atoms with Gasteiger partial charge >= 0.3 is 6.03 Å². The molecule has 0 saturated heterocycles. The molecule has 0 aliphatic rings. The van der Waals surface area contributed by atoms with Crippen LogP contribution >= 0.6 is 11.6 Å². The van der Waals surface area contributed by atoms with Crippen molar-refractivity contribution in [2.24, 2.45) is 0 Å². The van der Waals surface area contributed by atoms with E-state index in [4.69, 9.17) is 16.0 Å². The van der Waals surface area contributed by atoms with Gasteiger partial charge in [-0.15, -0.1) is 0 Å². The minimum absolute atomic E-state index is 0.0996. The maximum absolute atomic E-state index is 13.4. The topological polar surface area (TPSA) is 80.0 Å². The summed E-state index contributed by atoms with van der Waals surface area (Å²) < 4.78 is 19.3. The van der Waals surface area contributed by atoms with Gasteiger partial charge in [-0.1, -0.05) is 6.92 Å². The van der Waals surface area contributed by atoms with Crippen LogP contribution in [0.3, 0.4) is 0 Å². The second-order valence-corrected chi connectivity index (χ2v) is 5.87. The molecule has 3 aromatic rings. The summed E-state index contributed by atoms with van der Waals surface area (Å²) in [5.41, 5.74) is 1.80. The van der Waals surface area contributed by atoms with Crippen LogP contribution in [0.2, 0.25) is 5.28 Å². The van der Waals surface area contributed by atoms with Crippen molar-refractivity contribution in [3.63, 3.8) is 0 Å². The van der Waals surface area contributed by atoms with E-state index < -0.39 is 6.03 Å². The van der Waals surface area contributed by atoms with E-state index in [0.29, 0.717) is 28.8 Å². The number of hydrogen-bond acceptors (Lipinski definition) is 4. The summed E-state index contributed by atoms with van der Waals surface area (Å²) in [6.07, 6.45) is 3.42. The van der Waals surface area contributed by atoms with Gasteiger partial charge in [-0.25, -0.2) is 19.2 Å². The highest BCUT2D eigenvalue weighted by molar-refractivity contribution is 6.28. The lowest BCUT2D eigenvalue weighted by Gasteiger charge is -2.16. The Kier molecular flexibility index (Phi) is 4.85. The number of hydrogen-bond donors (Lipinski definition) is 2. The number of halogens is 2. The molecule has 0 bridgehead atoms. The fraction of sp³-hybridized carbons (Fsp3) is 0.235. The fourth-order valence-corrected chi connectivity index (χ4v) is 2.70. The Morgan fingerprint density at radius 3 is 2.76 bits per heavy atom. The van der Waals surface area contributed by atoms with Crippen molar-refractivity contribution in [3.8, 4) is 0 Å². The van der Waals surface area contributed by atoms with E-state index >= 15 is 0 Å². The van der Waals surface area contributed by atoms with Gasteiger partial charge in [0.15, 0.2) is 0 Å². The highest BCUT2D eigenvalue weighted by Crippen LogP contribution is 2.31. The minimum atomic E-state index is -0.427. The van der Waals surface area contributed by atoms with Crippen molar-refractivity contribution < 1.29 is 13.6 Å². The molecule has 3 rings (SSSR count). The standard InChI is InChI=1S/C17H16ClFN4O2/c1-3-13(23-17(24)22-11-7-20-16(18)21-8-11)15-9(2)12-6-10(19)4-5-14(12)25-15/h4-8,13H,3H2,1-2H3,(H2,22,23,24)/t13-/m0/s1. The molecule has 0 saturated carbocycles. The average molecular weight is 363 g/mol. The summed E-state index contributed by atoms with van der Waals surface area (Å²) in [4.78, 5) is 19.8. The molecule has 0 spiro atoms. The molecule has 0 fully saturated rings. The zero-order valence-electron chi connectivity index (χ0n) is 13.6. The Hall–Kier alpha value is -2.67. The number of rotatable bonds is 4. The third-order valence-electron chi connectivity index (χ3n) is 3.84. The molecular weight excluding hydrogens is 347 g/mol. The third kappa shape index (κ3) is 3.71. The lowest BCUT2D eigenvalue weighted by molar-refractivity contribution is 0.246. The van der Waals surface area contributed by atoms with E-state index in [9.17, 15) is 9.18 Å². The molecule has 25 heavy (non-hydrogen) atoms. The smallest absolute Gasteiger partial charge is 0.319 e. The quantitative estimate of drug-likeness (QED) is 0.665. The Morgan fingerprint density at radius 1 is 1.36 bits per heavy atom. The van der Waals surface area contributed by atoms with Crippen molar-refractivity contribution in [2.75, 3.05) is 5.32 Å². The van der Waals surface area contributed by atoms with Gasteiger partial charge in [-0.2, -0.15) is 0 Å². The first kappa shape index (κ1) is 17.2. The highest BCUT2D eigenvalue weighted by atomic mass is 35.5. The number of carbonyl (C=O) groups is 1. The minimum Gasteiger partial charge on any atom is -0.459 e. The number of benzene rings is 1. The number of furan rings is 1. The summed E-state index contributed by atoms with van der Waals surface area (Å²) in [6, 6.07) is 3.57. The van der Waals surface area contributed by atoms with Crippen LogP contribution in [0.5, 0.6) is 0 Å². The first-order chi connectivity index (χ1) is 12.0. The molecule has 2 amide bonds. The van der Waals surface area contributed by atoms with Crippen LogP contribution in [0.4, 0.5) is 14.9 Å². The van der Waals surface area contributed by atoms with E-state index in [-0.39, 0.29) is 17.1 Å². The van der Waals surface area contributed by atoms with Gasteiger partial charge in [0.1, 0.15) is 17.2 Å². The number of carbonyl (C=O) groups excluding carboxylic acids is 1. The third-order valence-corrected chi connectivity index (χ3v) is 4.04. The Labute approximate surface area is 148 Å². The van der Waals surface area contributed by atoms with Gasteiger partial charge in [0.05, 0.1) is 24.1 Å². The zero-order valence-corrected chi connectivity index (χ0v) is 14.4. The monoisotopic (exact) mass is 362 g/mol. The summed E-state index contributed by atoms with van der Waals surface area (Å²) in [5, 5.41) is 6.26. The number of anilines is 1. The lowest BCUT2D eigenvalue weighted by atomic mass is 10.1. The second kappa shape index (κ2) is 7.06. The van der Waals surface area contributed by atoms with E-state index in [0.717, 1.165) is 5.56 Å². The van der Waals surface area contributed by atoms with Crippen LogP contribution in [0.25, 0.3) is 11.0 Å². The molecule has 1 atom stereocenters. The van der Waals surface area contributed by atoms with E-state index in [1.807, 2.05) is 13.8 Å². The maximum atomic E-state index is 13.4. The maximum Gasteiger partial charge on any atom is 0.319 e. The molecule has 1 aromatic carbocycles. The van der Waals surface area contributed by atoms with Gasteiger partial charge in [0, 0.05) is 10.9 Å². The van der Waals surface area contributed by atoms with Crippen LogP contribution in [-0.2, 0) is 0 Å². The summed E-state index contributed by atoms with van der Waals surface area (Å²) >= 11 is 5.61. The van der Waals surface area contributed by atoms with E-state index in [2.05, 4.69) is 20.6 Å². The molecule has 2 N–H and O–H groups in total. The van der Waals surface area contributed by atoms with Crippen LogP contribution in [-0.4, -0.2) is 16.0 Å². The largest absolute Gasteiger partial charge is 0.459 e. The lowest BCUT2D eigenvalue weighted by Crippen LogP contribution is -2.32. The molecular formula is C17H16ClFN4O2. The summed E-state index contributed by atoms with van der Waals surface area (Å²) in [5.74, 6) is 0.273. The van der Waals surface area contributed by atoms with Crippen LogP contribution in [0.15, 0.2) is 35.0 Å². The van der Waals surface area contributed by atoms with Gasteiger partial charge in [0.2, 0.25) is 5.28 Å². The van der Waals surface area contributed by atoms with Gasteiger partial charge in [-0.3, -0.25) is 0 Å². The molecule has 130 valence electrons. The molecule has 8 heteroatoms. The molecule has 0 radical (unpaired) electrons. The first-order valence-corrected chi connectivity index (χ1v) is 8.09. The highest BCUT2D eigenvalue weighted by Gasteiger charge is 2.21. The van der Waals surface area contributed by atoms with Gasteiger partial charge in [-0.05, 0) is 43.1 Å². The van der Waals surface area contributed by atoms with Crippen molar-refractivity contribution >= 4 is 34.3 Å². The van der Waals surface area contributed by atoms with Crippen molar-refractivity contribution in [1.29, 1.82) is 0 Å². The summed E-state index contributed by atoms with van der Waals surface area (Å²) in [7, 11) is 0. The van der Waals surface area contributed by atoms with Crippen LogP contribution < -0.4 is 10.6 Å². The molecule has 6 nitrogen and oxygen atoms in total. The zero-order chi connectivity index (χ0) is 18.0. The Morgan fingerprint density at radius 2 is 2.08 bits per heavy atom. The van der Waals surface area contributed by atoms with E-state index in [1.165, 1.54) is 24.5 Å². The number of aryl methyl sites for hydroxylation is 1. The number of fused-ring (bicyclic) bond motifs is 1. The number of amides is 2. The molecule has 0 unspecified atom stereocenters. The molecule has 2 heterocycles. The molecule has 2 aromatic heterocycles. The number of urea groups is 1. The molecule has 0 aliphatic heterocycles.